The first-order valence-electron chi connectivity index (χ1n) is 14.7. The van der Waals surface area contributed by atoms with E-state index in [9.17, 15) is 0 Å². The zero-order valence-electron chi connectivity index (χ0n) is 24.7. The van der Waals surface area contributed by atoms with Crippen molar-refractivity contribution in [3.05, 3.63) is 176 Å². The van der Waals surface area contributed by atoms with Gasteiger partial charge in [0.15, 0.2) is 0 Å². The molecule has 4 heterocycles. The summed E-state index contributed by atoms with van der Waals surface area (Å²) in [5.74, 6) is 0.840. The Morgan fingerprint density at radius 2 is 1.28 bits per heavy atom. The third-order valence-corrected chi connectivity index (χ3v) is 7.41. The molecule has 0 N–H and O–H groups in total. The predicted molar refractivity (Wildman–Crippen MR) is 181 cm³/mol. The Kier molecular flexibility index (Phi) is 9.65. The number of hydrogen-bond acceptors (Lipinski definition) is 4. The molecule has 223 valence electrons. The van der Waals surface area contributed by atoms with Gasteiger partial charge in [0, 0.05) is 55.8 Å². The number of rotatable bonds is 5. The van der Waals surface area contributed by atoms with E-state index in [-0.39, 0.29) is 20.1 Å². The molecule has 8 aromatic rings. The number of furan rings is 1. The van der Waals surface area contributed by atoms with E-state index < -0.39 is 0 Å². The second-order valence-corrected chi connectivity index (χ2v) is 10.3. The Bertz CT molecular complexity index is 2110. The minimum atomic E-state index is 0. The Morgan fingerprint density at radius 1 is 0.500 bits per heavy atom. The van der Waals surface area contributed by atoms with Crippen LogP contribution in [0.5, 0.6) is 0 Å². The smallest absolute Gasteiger partial charge is 0.135 e. The van der Waals surface area contributed by atoms with Crippen LogP contribution in [0, 0.1) is 12.1 Å². The molecule has 4 aromatic heterocycles. The molecule has 1 radical (unpaired) electrons. The number of hydrogen-bond donors (Lipinski definition) is 0. The number of benzene rings is 4. The van der Waals surface area contributed by atoms with Crippen LogP contribution in [-0.2, 0) is 20.1 Å². The number of pyridine rings is 3. The van der Waals surface area contributed by atoms with Gasteiger partial charge in [-0.3, -0.25) is 4.98 Å². The maximum Gasteiger partial charge on any atom is 0.135 e. The van der Waals surface area contributed by atoms with Gasteiger partial charge in [0.05, 0.1) is 0 Å². The van der Waals surface area contributed by atoms with Crippen molar-refractivity contribution in [2.75, 3.05) is 0 Å². The number of fused-ring (bicyclic) bond motifs is 1. The van der Waals surface area contributed by atoms with Crippen molar-refractivity contribution in [3.63, 3.8) is 0 Å². The zero-order chi connectivity index (χ0) is 30.3. The first-order chi connectivity index (χ1) is 22.3. The second kappa shape index (κ2) is 14.5. The molecule has 8 rings (SSSR count). The van der Waals surface area contributed by atoms with Gasteiger partial charge in [-0.15, -0.1) is 71.3 Å². The fourth-order valence-corrected chi connectivity index (χ4v) is 5.21. The van der Waals surface area contributed by atoms with Gasteiger partial charge in [0.2, 0.25) is 0 Å². The first kappa shape index (κ1) is 30.5. The summed E-state index contributed by atoms with van der Waals surface area (Å²) in [4.78, 5) is 13.0. The van der Waals surface area contributed by atoms with Crippen molar-refractivity contribution in [2.24, 2.45) is 0 Å². The maximum absolute atomic E-state index is 6.06. The van der Waals surface area contributed by atoms with Crippen LogP contribution in [0.2, 0.25) is 0 Å². The standard InChI is InChI=1S/C30H19N2O.C11H8N.Ir/c1-2-6-21(7-3-1)27-10-5-15-32-30(27)25-9-4-8-23(18-25)24-11-12-28-26(19-24)20-29(33-28)22-13-16-31-17-14-22;1-2-6-10(7-3-1)11-8-4-5-9-12-11;/h1-8,10-20H;1-6,8-9H;/q2*-1;. The van der Waals surface area contributed by atoms with E-state index in [2.05, 4.69) is 70.6 Å². The molecule has 0 bridgehead atoms. The van der Waals surface area contributed by atoms with Crippen molar-refractivity contribution in [1.29, 1.82) is 0 Å². The van der Waals surface area contributed by atoms with E-state index >= 15 is 0 Å². The summed E-state index contributed by atoms with van der Waals surface area (Å²) < 4.78 is 6.06. The minimum absolute atomic E-state index is 0. The Morgan fingerprint density at radius 3 is 2.09 bits per heavy atom. The van der Waals surface area contributed by atoms with E-state index in [1.54, 1.807) is 18.6 Å². The molecule has 0 amide bonds. The first-order valence-corrected chi connectivity index (χ1v) is 14.7. The summed E-state index contributed by atoms with van der Waals surface area (Å²) in [6.07, 6.45) is 7.17. The SMILES string of the molecule is [Ir].[c-]1ccc(-c2ccc3oc(-c4ccncc4)cc3c2)cc1-c1ncccc1-c1ccccc1.[c-]1ccccc1-c1ccccn1. The van der Waals surface area contributed by atoms with Crippen LogP contribution in [-0.4, -0.2) is 15.0 Å². The van der Waals surface area contributed by atoms with Gasteiger partial charge in [0.1, 0.15) is 11.3 Å². The third-order valence-electron chi connectivity index (χ3n) is 7.41. The molecule has 4 aromatic carbocycles. The number of aromatic nitrogens is 3. The average molecular weight is 770 g/mol. The van der Waals surface area contributed by atoms with E-state index in [1.807, 2.05) is 97.2 Å². The monoisotopic (exact) mass is 770 g/mol. The Labute approximate surface area is 281 Å². The van der Waals surface area contributed by atoms with Crippen LogP contribution < -0.4 is 0 Å². The predicted octanol–water partition coefficient (Wildman–Crippen LogP) is 10.2. The topological polar surface area (TPSA) is 51.8 Å². The summed E-state index contributed by atoms with van der Waals surface area (Å²) in [5.41, 5.74) is 10.3. The minimum Gasteiger partial charge on any atom is -0.456 e. The summed E-state index contributed by atoms with van der Waals surface area (Å²) in [7, 11) is 0. The van der Waals surface area contributed by atoms with Crippen molar-refractivity contribution < 1.29 is 24.5 Å². The molecule has 0 spiro atoms. The molecule has 0 aliphatic heterocycles. The fourth-order valence-electron chi connectivity index (χ4n) is 5.21. The van der Waals surface area contributed by atoms with Gasteiger partial charge < -0.3 is 14.4 Å². The van der Waals surface area contributed by atoms with Gasteiger partial charge in [0.25, 0.3) is 0 Å². The van der Waals surface area contributed by atoms with Gasteiger partial charge in [-0.05, 0) is 70.5 Å². The summed E-state index contributed by atoms with van der Waals surface area (Å²) >= 11 is 0. The molecule has 0 aliphatic carbocycles. The van der Waals surface area contributed by atoms with Crippen LogP contribution in [0.1, 0.15) is 0 Å². The third kappa shape index (κ3) is 6.92. The fraction of sp³-hybridized carbons (Fsp3) is 0. The molecular formula is C41H27IrN3O-2. The molecule has 5 heteroatoms. The van der Waals surface area contributed by atoms with Crippen molar-refractivity contribution in [3.8, 4) is 56.1 Å². The van der Waals surface area contributed by atoms with Gasteiger partial charge >= 0.3 is 0 Å². The summed E-state index contributed by atoms with van der Waals surface area (Å²) in [6, 6.07) is 53.1. The van der Waals surface area contributed by atoms with E-state index in [1.165, 1.54) is 0 Å². The molecule has 0 saturated heterocycles. The van der Waals surface area contributed by atoms with E-state index in [0.717, 1.165) is 67.1 Å². The Balaban J connectivity index is 0.000000241. The number of nitrogens with zero attached hydrogens (tertiary/aromatic N) is 3. The molecule has 46 heavy (non-hydrogen) atoms. The van der Waals surface area contributed by atoms with Crippen LogP contribution >= 0.6 is 0 Å². The molecule has 0 saturated carbocycles. The van der Waals surface area contributed by atoms with Gasteiger partial charge in [-0.1, -0.05) is 54.6 Å². The summed E-state index contributed by atoms with van der Waals surface area (Å²) in [5, 5.41) is 1.07. The summed E-state index contributed by atoms with van der Waals surface area (Å²) in [6.45, 7) is 0. The molecule has 4 nitrogen and oxygen atoms in total. The van der Waals surface area contributed by atoms with Crippen LogP contribution in [0.15, 0.2) is 169 Å². The van der Waals surface area contributed by atoms with Crippen molar-refractivity contribution in [2.45, 2.75) is 0 Å². The normalized spacial score (nSPS) is 10.4. The Hall–Kier alpha value is -5.48. The van der Waals surface area contributed by atoms with Crippen molar-refractivity contribution >= 4 is 11.0 Å². The van der Waals surface area contributed by atoms with E-state index in [0.29, 0.717) is 0 Å². The van der Waals surface area contributed by atoms with Crippen molar-refractivity contribution in [1.82, 2.24) is 15.0 Å². The van der Waals surface area contributed by atoms with E-state index in [4.69, 9.17) is 9.40 Å². The maximum atomic E-state index is 6.06. The van der Waals surface area contributed by atoms with Gasteiger partial charge in [-0.25, -0.2) is 0 Å². The van der Waals surface area contributed by atoms with Crippen LogP contribution in [0.4, 0.5) is 0 Å². The average Bonchev–Trinajstić information content (AvgIpc) is 3.57. The van der Waals surface area contributed by atoms with Crippen LogP contribution in [0.3, 0.4) is 0 Å². The zero-order valence-corrected chi connectivity index (χ0v) is 27.1. The largest absolute Gasteiger partial charge is 0.456 e. The molecule has 0 aliphatic rings. The quantitative estimate of drug-likeness (QED) is 0.164. The van der Waals surface area contributed by atoms with Gasteiger partial charge in [-0.2, -0.15) is 0 Å². The molecular weight excluding hydrogens is 743 g/mol. The van der Waals surface area contributed by atoms with Crippen LogP contribution in [0.25, 0.3) is 67.1 Å². The second-order valence-electron chi connectivity index (χ2n) is 10.3. The molecule has 0 fully saturated rings. The molecule has 0 atom stereocenters. The molecule has 0 unspecified atom stereocenters.